The quantitative estimate of drug-likeness (QED) is 0.686. The molecule has 16 heavy (non-hydrogen) atoms. The smallest absolute Gasteiger partial charge is 0.407 e. The van der Waals surface area contributed by atoms with Gasteiger partial charge in [-0.25, -0.2) is 4.79 Å². The van der Waals surface area contributed by atoms with E-state index in [9.17, 15) is 4.79 Å². The summed E-state index contributed by atoms with van der Waals surface area (Å²) in [6, 6.07) is 0. The number of cyclic esters (lactones) is 1. The van der Waals surface area contributed by atoms with Crippen LogP contribution < -0.4 is 5.32 Å². The lowest BCUT2D eigenvalue weighted by Gasteiger charge is -2.37. The van der Waals surface area contributed by atoms with E-state index in [-0.39, 0.29) is 11.6 Å². The van der Waals surface area contributed by atoms with Gasteiger partial charge in [0.1, 0.15) is 0 Å². The van der Waals surface area contributed by atoms with E-state index in [0.29, 0.717) is 25.0 Å². The van der Waals surface area contributed by atoms with Crippen LogP contribution >= 0.6 is 0 Å². The minimum atomic E-state index is -0.275. The molecule has 4 heteroatoms. The average molecular weight is 228 g/mol. The molecule has 3 unspecified atom stereocenters. The summed E-state index contributed by atoms with van der Waals surface area (Å²) in [5.74, 6) is 1.05. The number of likely N-dealkylation sites (N-methyl/N-ethyl adjacent to an activating group) is 1. The summed E-state index contributed by atoms with van der Waals surface area (Å²) in [6.45, 7) is 10.7. The summed E-state index contributed by atoms with van der Waals surface area (Å²) in [6.07, 6.45) is -0.275. The minimum absolute atomic E-state index is 0.0874. The maximum atomic E-state index is 11.2. The molecule has 94 valence electrons. The molecular formula is C12H24N2O2. The average Bonchev–Trinajstić information content (AvgIpc) is 2.53. The van der Waals surface area contributed by atoms with Crippen LogP contribution in [0, 0.1) is 11.8 Å². The summed E-state index contributed by atoms with van der Waals surface area (Å²) in [4.78, 5) is 13.5. The van der Waals surface area contributed by atoms with Crippen LogP contribution in [0.25, 0.3) is 0 Å². The number of nitrogens with one attached hydrogen (secondary N) is 1. The van der Waals surface area contributed by atoms with Gasteiger partial charge >= 0.3 is 6.09 Å². The Morgan fingerprint density at radius 2 is 2.12 bits per heavy atom. The van der Waals surface area contributed by atoms with Crippen LogP contribution in [0.4, 0.5) is 4.79 Å². The van der Waals surface area contributed by atoms with E-state index in [0.717, 1.165) is 6.54 Å². The van der Waals surface area contributed by atoms with Crippen molar-refractivity contribution >= 4 is 6.09 Å². The maximum absolute atomic E-state index is 11.2. The molecule has 4 nitrogen and oxygen atoms in total. The first-order valence-corrected chi connectivity index (χ1v) is 6.16. The van der Waals surface area contributed by atoms with Crippen molar-refractivity contribution in [3.63, 3.8) is 0 Å². The molecule has 2 aliphatic heterocycles. The Balaban J connectivity index is 0.000000606. The molecule has 0 aromatic heterocycles. The van der Waals surface area contributed by atoms with Crippen LogP contribution in [0.5, 0.6) is 0 Å². The van der Waals surface area contributed by atoms with Gasteiger partial charge < -0.3 is 10.1 Å². The summed E-state index contributed by atoms with van der Waals surface area (Å²) >= 11 is 0. The fourth-order valence-corrected chi connectivity index (χ4v) is 2.55. The molecule has 0 spiro atoms. The highest BCUT2D eigenvalue weighted by Gasteiger charge is 2.47. The molecule has 2 fully saturated rings. The molecule has 0 aromatic rings. The number of hydrogen-bond donors (Lipinski definition) is 1. The van der Waals surface area contributed by atoms with Gasteiger partial charge in [-0.15, -0.1) is 0 Å². The minimum Gasteiger partial charge on any atom is -0.449 e. The van der Waals surface area contributed by atoms with Gasteiger partial charge in [0.05, 0.1) is 6.61 Å². The standard InChI is InChI=1S/C10H18N2O2.C2H6/c1-7-8-4-12(3)10(7,2)6-11-9(13)14-5-8;1-2/h7-8H,4-6H2,1-3H3,(H,11,13);1-2H3. The number of hydrogen-bond acceptors (Lipinski definition) is 3. The SMILES string of the molecule is CC.CC1C2COC(=O)NCC1(C)N(C)C2. The van der Waals surface area contributed by atoms with Crippen molar-refractivity contribution in [1.29, 1.82) is 0 Å². The molecule has 2 rings (SSSR count). The second-order valence-corrected chi connectivity index (χ2v) is 4.74. The zero-order chi connectivity index (χ0) is 12.3. The lowest BCUT2D eigenvalue weighted by Crippen LogP contribution is -2.52. The lowest BCUT2D eigenvalue weighted by molar-refractivity contribution is 0.0906. The molecule has 2 bridgehead atoms. The summed E-state index contributed by atoms with van der Waals surface area (Å²) in [5, 5.41) is 2.81. The molecule has 0 radical (unpaired) electrons. The topological polar surface area (TPSA) is 41.6 Å². The van der Waals surface area contributed by atoms with E-state index >= 15 is 0 Å². The van der Waals surface area contributed by atoms with Crippen LogP contribution in [0.2, 0.25) is 0 Å². The third-order valence-corrected chi connectivity index (χ3v) is 4.09. The van der Waals surface area contributed by atoms with Crippen LogP contribution in [-0.2, 0) is 4.74 Å². The lowest BCUT2D eigenvalue weighted by atomic mass is 9.82. The van der Waals surface area contributed by atoms with Gasteiger partial charge in [-0.2, -0.15) is 0 Å². The number of likely N-dealkylation sites (tertiary alicyclic amines) is 1. The first-order valence-electron chi connectivity index (χ1n) is 6.16. The molecular weight excluding hydrogens is 204 g/mol. The van der Waals surface area contributed by atoms with Gasteiger partial charge in [-0.05, 0) is 19.9 Å². The largest absolute Gasteiger partial charge is 0.449 e. The Morgan fingerprint density at radius 3 is 2.75 bits per heavy atom. The zero-order valence-corrected chi connectivity index (χ0v) is 11.0. The molecule has 2 heterocycles. The third-order valence-electron chi connectivity index (χ3n) is 4.09. The van der Waals surface area contributed by atoms with Gasteiger partial charge in [0.2, 0.25) is 0 Å². The Morgan fingerprint density at radius 1 is 1.50 bits per heavy atom. The molecule has 0 aromatic carbocycles. The fraction of sp³-hybridized carbons (Fsp3) is 0.917. The number of fused-ring (bicyclic) bond motifs is 2. The summed E-state index contributed by atoms with van der Waals surface area (Å²) in [5.41, 5.74) is 0.0874. The molecule has 1 amide bonds. The van der Waals surface area contributed by atoms with Crippen molar-refractivity contribution in [2.24, 2.45) is 11.8 Å². The Labute approximate surface area is 98.3 Å². The third kappa shape index (κ3) is 2.17. The molecule has 3 atom stereocenters. The molecule has 2 aliphatic rings. The van der Waals surface area contributed by atoms with E-state index in [1.54, 1.807) is 0 Å². The highest BCUT2D eigenvalue weighted by Crippen LogP contribution is 2.38. The van der Waals surface area contributed by atoms with Gasteiger partial charge in [0, 0.05) is 24.5 Å². The van der Waals surface area contributed by atoms with Gasteiger partial charge in [-0.1, -0.05) is 20.8 Å². The van der Waals surface area contributed by atoms with Crippen molar-refractivity contribution in [2.75, 3.05) is 26.7 Å². The maximum Gasteiger partial charge on any atom is 0.407 e. The van der Waals surface area contributed by atoms with E-state index in [1.807, 2.05) is 13.8 Å². The van der Waals surface area contributed by atoms with E-state index in [2.05, 4.69) is 31.1 Å². The Hall–Kier alpha value is -0.770. The Kier molecular flexibility index (Phi) is 4.19. The number of carbonyl (C=O) groups is 1. The normalized spacial score (nSPS) is 38.7. The highest BCUT2D eigenvalue weighted by molar-refractivity contribution is 5.67. The fourth-order valence-electron chi connectivity index (χ4n) is 2.55. The zero-order valence-electron chi connectivity index (χ0n) is 11.0. The molecule has 0 aliphatic carbocycles. The predicted octanol–water partition coefficient (Wildman–Crippen LogP) is 1.71. The van der Waals surface area contributed by atoms with E-state index in [4.69, 9.17) is 4.74 Å². The van der Waals surface area contributed by atoms with Crippen molar-refractivity contribution in [1.82, 2.24) is 10.2 Å². The van der Waals surface area contributed by atoms with Crippen molar-refractivity contribution in [3.05, 3.63) is 0 Å². The number of carbonyl (C=O) groups excluding carboxylic acids is 1. The van der Waals surface area contributed by atoms with Gasteiger partial charge in [0.25, 0.3) is 0 Å². The predicted molar refractivity (Wildman–Crippen MR) is 64.4 cm³/mol. The first-order chi connectivity index (χ1) is 7.54. The van der Waals surface area contributed by atoms with Crippen LogP contribution in [0.15, 0.2) is 0 Å². The van der Waals surface area contributed by atoms with E-state index in [1.165, 1.54) is 0 Å². The number of rotatable bonds is 0. The van der Waals surface area contributed by atoms with Crippen LogP contribution in [-0.4, -0.2) is 43.3 Å². The van der Waals surface area contributed by atoms with Gasteiger partial charge in [-0.3, -0.25) is 4.90 Å². The Bertz CT molecular complexity index is 257. The monoisotopic (exact) mass is 228 g/mol. The van der Waals surface area contributed by atoms with Crippen LogP contribution in [0.3, 0.4) is 0 Å². The number of nitrogens with zero attached hydrogens (tertiary/aromatic N) is 1. The second-order valence-electron chi connectivity index (χ2n) is 4.74. The van der Waals surface area contributed by atoms with Crippen molar-refractivity contribution in [3.8, 4) is 0 Å². The van der Waals surface area contributed by atoms with Crippen LogP contribution in [0.1, 0.15) is 27.7 Å². The number of amides is 1. The highest BCUT2D eigenvalue weighted by atomic mass is 16.5. The number of alkyl carbamates (subject to hydrolysis) is 1. The second kappa shape index (κ2) is 5.04. The summed E-state index contributed by atoms with van der Waals surface area (Å²) < 4.78 is 5.10. The molecule has 1 N–H and O–H groups in total. The first kappa shape index (κ1) is 13.3. The van der Waals surface area contributed by atoms with E-state index < -0.39 is 0 Å². The summed E-state index contributed by atoms with van der Waals surface area (Å²) in [7, 11) is 2.12. The van der Waals surface area contributed by atoms with Gasteiger partial charge in [0.15, 0.2) is 0 Å². The molecule has 0 saturated carbocycles. The molecule has 2 saturated heterocycles. The van der Waals surface area contributed by atoms with Crippen molar-refractivity contribution in [2.45, 2.75) is 33.2 Å². The number of ether oxygens (including phenoxy) is 1. The van der Waals surface area contributed by atoms with Crippen molar-refractivity contribution < 1.29 is 9.53 Å².